The smallest absolute Gasteiger partial charge is 0.435 e. The Morgan fingerprint density at radius 1 is 0.721 bits per heavy atom. The van der Waals surface area contributed by atoms with Gasteiger partial charge in [0.1, 0.15) is 41.6 Å². The molecule has 356 valence electrons. The first kappa shape index (κ1) is 48.6. The number of hydrogen-bond donors (Lipinski definition) is 2. The van der Waals surface area contributed by atoms with Gasteiger partial charge in [0.15, 0.2) is 5.69 Å². The fourth-order valence-corrected chi connectivity index (χ4v) is 7.30. The summed E-state index contributed by atoms with van der Waals surface area (Å²) in [4.78, 5) is 42.8. The average molecular weight is 932 g/mol. The maximum atomic E-state index is 14.5. The number of anilines is 1. The van der Waals surface area contributed by atoms with Crippen LogP contribution in [0, 0.1) is 5.92 Å². The van der Waals surface area contributed by atoms with E-state index in [1.807, 2.05) is 84.9 Å². The highest BCUT2D eigenvalue weighted by Gasteiger charge is 2.38. The maximum Gasteiger partial charge on any atom is 0.435 e. The summed E-state index contributed by atoms with van der Waals surface area (Å²) in [6.07, 6.45) is -4.30. The Labute approximate surface area is 394 Å². The summed E-state index contributed by atoms with van der Waals surface area (Å²) < 4.78 is 68.0. The van der Waals surface area contributed by atoms with Gasteiger partial charge in [0.05, 0.1) is 11.7 Å². The van der Waals surface area contributed by atoms with Crippen LogP contribution in [0.25, 0.3) is 5.69 Å². The molecule has 1 saturated carbocycles. The van der Waals surface area contributed by atoms with Crippen LogP contribution < -0.4 is 20.1 Å². The van der Waals surface area contributed by atoms with E-state index in [-0.39, 0.29) is 37.1 Å². The van der Waals surface area contributed by atoms with E-state index in [1.54, 1.807) is 76.8 Å². The Morgan fingerprint density at radius 2 is 1.35 bits per heavy atom. The van der Waals surface area contributed by atoms with Gasteiger partial charge < -0.3 is 29.6 Å². The number of carbonyl (C=O) groups is 3. The predicted molar refractivity (Wildman–Crippen MR) is 252 cm³/mol. The monoisotopic (exact) mass is 931 g/mol. The van der Waals surface area contributed by atoms with Gasteiger partial charge in [0, 0.05) is 30.4 Å². The minimum atomic E-state index is -4.88. The Bertz CT molecular complexity index is 2690. The molecule has 1 atom stereocenters. The van der Waals surface area contributed by atoms with Gasteiger partial charge >= 0.3 is 18.4 Å². The number of halogens is 3. The van der Waals surface area contributed by atoms with Crippen molar-refractivity contribution in [2.45, 2.75) is 97.6 Å². The molecule has 3 amide bonds. The van der Waals surface area contributed by atoms with Crippen LogP contribution in [0.1, 0.15) is 104 Å². The minimum absolute atomic E-state index is 0.00618. The third-order valence-electron chi connectivity index (χ3n) is 10.5. The third kappa shape index (κ3) is 13.6. The molecule has 2 N–H and O–H groups in total. The van der Waals surface area contributed by atoms with E-state index in [1.165, 1.54) is 12.1 Å². The number of carbonyl (C=O) groups excluding carboxylic acids is 3. The first-order valence-corrected chi connectivity index (χ1v) is 22.4. The van der Waals surface area contributed by atoms with E-state index < -0.39 is 52.9 Å². The van der Waals surface area contributed by atoms with E-state index in [0.29, 0.717) is 40.8 Å². The Kier molecular flexibility index (Phi) is 14.8. The lowest BCUT2D eigenvalue weighted by Gasteiger charge is -2.35. The van der Waals surface area contributed by atoms with Crippen LogP contribution in [0.3, 0.4) is 0 Å². The van der Waals surface area contributed by atoms with Gasteiger partial charge in [-0.05, 0) is 125 Å². The van der Waals surface area contributed by atoms with Crippen LogP contribution in [0.4, 0.5) is 28.4 Å². The number of alkyl halides is 3. The Balaban J connectivity index is 1.27. The van der Waals surface area contributed by atoms with Gasteiger partial charge in [0.2, 0.25) is 0 Å². The standard InChI is InChI=1S/C53H56F3N5O7/c1-51(2,3)67-49(63)57-31-38-19-13-22-41(27-38)61-44(30-46(59-61)53(54,55)56)48(62)58-40-21-14-20-39(28-40)47(60(32-35-23-24-35)50(64)68-52(4,5)6)43-29-42(65-33-36-15-9-7-10-16-36)25-26-45(43)66-34-37-17-11-8-12-18-37/h7-22,25-30,35,47H,23-24,31-34H2,1-6H3,(H,57,63)(H,58,62). The zero-order valence-electron chi connectivity index (χ0n) is 38.9. The van der Waals surface area contributed by atoms with Crippen molar-refractivity contribution < 1.29 is 46.5 Å². The fraction of sp³-hybridized carbons (Fsp3) is 0.321. The van der Waals surface area contributed by atoms with E-state index in [2.05, 4.69) is 15.7 Å². The summed E-state index contributed by atoms with van der Waals surface area (Å²) in [5.74, 6) is 0.300. The second-order valence-corrected chi connectivity index (χ2v) is 18.7. The second kappa shape index (κ2) is 20.7. The molecule has 1 fully saturated rings. The first-order chi connectivity index (χ1) is 32.3. The largest absolute Gasteiger partial charge is 0.489 e. The molecule has 12 nitrogen and oxygen atoms in total. The van der Waals surface area contributed by atoms with E-state index >= 15 is 0 Å². The number of hydrogen-bond acceptors (Lipinski definition) is 8. The Morgan fingerprint density at radius 3 is 1.99 bits per heavy atom. The normalized spacial score (nSPS) is 13.2. The number of rotatable bonds is 16. The third-order valence-corrected chi connectivity index (χ3v) is 10.5. The second-order valence-electron chi connectivity index (χ2n) is 18.7. The summed E-state index contributed by atoms with van der Waals surface area (Å²) in [5.41, 5.74) is 0.625. The molecule has 6 aromatic rings. The highest BCUT2D eigenvalue weighted by molar-refractivity contribution is 6.03. The van der Waals surface area contributed by atoms with Crippen LogP contribution >= 0.6 is 0 Å². The molecule has 5 aromatic carbocycles. The number of alkyl carbamates (subject to hydrolysis) is 1. The SMILES string of the molecule is CC(C)(C)OC(=O)NCc1cccc(-n2nc(C(F)(F)F)cc2C(=O)Nc2cccc(C(c3cc(OCc4ccccc4)ccc3OCc3ccccc3)N(CC3CC3)C(=O)OC(C)(C)C)c2)c1. The average Bonchev–Trinajstić information content (AvgIpc) is 3.99. The molecule has 68 heavy (non-hydrogen) atoms. The lowest BCUT2D eigenvalue weighted by Crippen LogP contribution is -2.41. The molecular formula is C53H56F3N5O7. The first-order valence-electron chi connectivity index (χ1n) is 22.4. The zero-order valence-corrected chi connectivity index (χ0v) is 38.9. The van der Waals surface area contributed by atoms with Crippen molar-refractivity contribution in [3.05, 3.63) is 173 Å². The van der Waals surface area contributed by atoms with Crippen LogP contribution in [0.15, 0.2) is 133 Å². The molecule has 1 aromatic heterocycles. The number of amides is 3. The van der Waals surface area contributed by atoms with Gasteiger partial charge in [-0.2, -0.15) is 18.3 Å². The van der Waals surface area contributed by atoms with Crippen molar-refractivity contribution in [2.75, 3.05) is 11.9 Å². The topological polar surface area (TPSA) is 133 Å². The molecule has 0 bridgehead atoms. The fourth-order valence-electron chi connectivity index (χ4n) is 7.30. The van der Waals surface area contributed by atoms with E-state index in [4.69, 9.17) is 18.9 Å². The van der Waals surface area contributed by atoms with Gasteiger partial charge in [0.25, 0.3) is 5.91 Å². The van der Waals surface area contributed by atoms with Crippen molar-refractivity contribution in [2.24, 2.45) is 5.92 Å². The quantitative estimate of drug-likeness (QED) is 0.0980. The van der Waals surface area contributed by atoms with Gasteiger partial charge in [-0.15, -0.1) is 0 Å². The van der Waals surface area contributed by atoms with Crippen LogP contribution in [0.2, 0.25) is 0 Å². The number of aromatic nitrogens is 2. The molecular weight excluding hydrogens is 876 g/mol. The van der Waals surface area contributed by atoms with E-state index in [0.717, 1.165) is 28.7 Å². The molecule has 15 heteroatoms. The van der Waals surface area contributed by atoms with E-state index in [9.17, 15) is 27.6 Å². The van der Waals surface area contributed by atoms with Crippen LogP contribution in [-0.4, -0.2) is 50.5 Å². The van der Waals surface area contributed by atoms with Crippen LogP contribution in [-0.2, 0) is 35.4 Å². The summed E-state index contributed by atoms with van der Waals surface area (Å²) in [6.45, 7) is 11.4. The molecule has 0 aliphatic heterocycles. The summed E-state index contributed by atoms with van der Waals surface area (Å²) >= 11 is 0. The van der Waals surface area contributed by atoms with Crippen molar-refractivity contribution in [3.63, 3.8) is 0 Å². The molecule has 0 spiro atoms. The van der Waals surface area contributed by atoms with Crippen molar-refractivity contribution in [1.29, 1.82) is 0 Å². The number of benzene rings is 5. The molecule has 7 rings (SSSR count). The molecule has 1 aliphatic carbocycles. The van der Waals surface area contributed by atoms with Gasteiger partial charge in [-0.3, -0.25) is 9.69 Å². The van der Waals surface area contributed by atoms with Gasteiger partial charge in [-0.1, -0.05) is 84.9 Å². The highest BCUT2D eigenvalue weighted by Crippen LogP contribution is 2.42. The molecule has 1 aliphatic rings. The van der Waals surface area contributed by atoms with Gasteiger partial charge in [-0.25, -0.2) is 14.3 Å². The van der Waals surface area contributed by atoms with Crippen LogP contribution in [0.5, 0.6) is 11.5 Å². The lowest BCUT2D eigenvalue weighted by atomic mass is 9.95. The molecule has 0 radical (unpaired) electrons. The number of nitrogens with zero attached hydrogens (tertiary/aromatic N) is 3. The zero-order chi connectivity index (χ0) is 48.6. The Hall–Kier alpha value is -7.29. The lowest BCUT2D eigenvalue weighted by molar-refractivity contribution is -0.141. The van der Waals surface area contributed by atoms with Crippen molar-refractivity contribution in [3.8, 4) is 17.2 Å². The summed E-state index contributed by atoms with van der Waals surface area (Å²) in [6, 6.07) is 37.7. The molecule has 1 heterocycles. The molecule has 1 unspecified atom stereocenters. The minimum Gasteiger partial charge on any atom is -0.489 e. The number of ether oxygens (including phenoxy) is 4. The highest BCUT2D eigenvalue weighted by atomic mass is 19.4. The molecule has 0 saturated heterocycles. The van der Waals surface area contributed by atoms with Crippen molar-refractivity contribution >= 4 is 23.8 Å². The van der Waals surface area contributed by atoms with Crippen molar-refractivity contribution in [1.82, 2.24) is 20.0 Å². The maximum absolute atomic E-state index is 14.5. The number of nitrogens with one attached hydrogen (secondary N) is 2. The summed E-state index contributed by atoms with van der Waals surface area (Å²) in [7, 11) is 0. The predicted octanol–water partition coefficient (Wildman–Crippen LogP) is 12.1. The summed E-state index contributed by atoms with van der Waals surface area (Å²) in [5, 5.41) is 9.25.